The van der Waals surface area contributed by atoms with E-state index in [4.69, 9.17) is 9.47 Å². The summed E-state index contributed by atoms with van der Waals surface area (Å²) in [5, 5.41) is 0. The molecule has 0 bridgehead atoms. The average Bonchev–Trinajstić information content (AvgIpc) is 2.28. The van der Waals surface area contributed by atoms with Crippen molar-refractivity contribution in [1.82, 2.24) is 0 Å². The Hall–Kier alpha value is -1.25. The number of methoxy groups -OCH3 is 1. The van der Waals surface area contributed by atoms with E-state index in [2.05, 4.69) is 26.0 Å². The Kier molecular flexibility index (Phi) is 5.26. The van der Waals surface area contributed by atoms with Gasteiger partial charge < -0.3 is 9.47 Å². The summed E-state index contributed by atoms with van der Waals surface area (Å²) in [4.78, 5) is 10.7. The van der Waals surface area contributed by atoms with Crippen LogP contribution in [0.25, 0.3) is 0 Å². The molecule has 0 aromatic carbocycles. The highest BCUT2D eigenvalue weighted by molar-refractivity contribution is 5.65. The number of hydrogen-bond donors (Lipinski definition) is 0. The molecule has 0 N–H and O–H groups in total. The van der Waals surface area contributed by atoms with Gasteiger partial charge in [-0.3, -0.25) is 4.79 Å². The summed E-state index contributed by atoms with van der Waals surface area (Å²) in [7, 11) is 1.70. The molecule has 1 rings (SSSR count). The maximum Gasteiger partial charge on any atom is 0.302 e. The zero-order chi connectivity index (χ0) is 12.8. The van der Waals surface area contributed by atoms with Gasteiger partial charge in [0.1, 0.15) is 5.76 Å². The maximum absolute atomic E-state index is 10.7. The van der Waals surface area contributed by atoms with Gasteiger partial charge in [-0.25, -0.2) is 0 Å². The van der Waals surface area contributed by atoms with Gasteiger partial charge in [0, 0.05) is 6.92 Å². The van der Waals surface area contributed by atoms with Crippen molar-refractivity contribution in [2.45, 2.75) is 33.6 Å². The first-order valence-corrected chi connectivity index (χ1v) is 6.11. The second kappa shape index (κ2) is 6.48. The molecule has 0 saturated heterocycles. The van der Waals surface area contributed by atoms with Crippen LogP contribution in [0.4, 0.5) is 0 Å². The number of rotatable bonds is 5. The molecular formula is C14H22O3. The van der Waals surface area contributed by atoms with E-state index in [1.807, 2.05) is 0 Å². The smallest absolute Gasteiger partial charge is 0.302 e. The molecule has 0 aromatic heterocycles. The molecule has 1 unspecified atom stereocenters. The molecule has 1 aliphatic rings. The lowest BCUT2D eigenvalue weighted by Gasteiger charge is -2.21. The second-order valence-electron chi connectivity index (χ2n) is 4.79. The van der Waals surface area contributed by atoms with Gasteiger partial charge in [0.05, 0.1) is 13.7 Å². The standard InChI is InChI=1S/C14H22O3/c1-10-5-6-13(14(8-10)16-4)7-11(2)9-17-12(3)15/h6,8,10-11H,5,7,9H2,1-4H3/t10?,11-/m0/s1. The van der Waals surface area contributed by atoms with Gasteiger partial charge in [0.25, 0.3) is 0 Å². The monoisotopic (exact) mass is 238 g/mol. The molecule has 0 saturated carbocycles. The van der Waals surface area contributed by atoms with Crippen LogP contribution in [0.1, 0.15) is 33.6 Å². The Balaban J connectivity index is 2.50. The molecule has 0 aromatic rings. The van der Waals surface area contributed by atoms with Crippen LogP contribution in [0, 0.1) is 11.8 Å². The molecule has 0 aliphatic heterocycles. The first-order chi connectivity index (χ1) is 8.02. The lowest BCUT2D eigenvalue weighted by atomic mass is 9.91. The minimum absolute atomic E-state index is 0.217. The Labute approximate surface area is 103 Å². The van der Waals surface area contributed by atoms with E-state index < -0.39 is 0 Å². The zero-order valence-corrected chi connectivity index (χ0v) is 11.2. The highest BCUT2D eigenvalue weighted by Crippen LogP contribution is 2.28. The third kappa shape index (κ3) is 4.63. The van der Waals surface area contributed by atoms with Gasteiger partial charge >= 0.3 is 5.97 Å². The molecule has 0 amide bonds. The van der Waals surface area contributed by atoms with E-state index >= 15 is 0 Å². The van der Waals surface area contributed by atoms with Crippen molar-refractivity contribution in [3.8, 4) is 0 Å². The van der Waals surface area contributed by atoms with Crippen molar-refractivity contribution >= 4 is 5.97 Å². The molecule has 17 heavy (non-hydrogen) atoms. The summed E-state index contributed by atoms with van der Waals surface area (Å²) >= 11 is 0. The summed E-state index contributed by atoms with van der Waals surface area (Å²) in [5.41, 5.74) is 1.23. The highest BCUT2D eigenvalue weighted by atomic mass is 16.5. The van der Waals surface area contributed by atoms with Crippen LogP contribution in [0.2, 0.25) is 0 Å². The van der Waals surface area contributed by atoms with E-state index in [1.165, 1.54) is 12.5 Å². The zero-order valence-electron chi connectivity index (χ0n) is 11.2. The minimum atomic E-state index is -0.217. The lowest BCUT2D eigenvalue weighted by molar-refractivity contribution is -0.142. The van der Waals surface area contributed by atoms with Gasteiger partial charge in [-0.05, 0) is 36.3 Å². The number of hydrogen-bond acceptors (Lipinski definition) is 3. The second-order valence-corrected chi connectivity index (χ2v) is 4.79. The van der Waals surface area contributed by atoms with Crippen LogP contribution in [0.3, 0.4) is 0 Å². The van der Waals surface area contributed by atoms with Crippen LogP contribution in [-0.4, -0.2) is 19.7 Å². The Bertz CT molecular complexity index is 328. The molecule has 1 aliphatic carbocycles. The van der Waals surface area contributed by atoms with Crippen LogP contribution in [0.5, 0.6) is 0 Å². The minimum Gasteiger partial charge on any atom is -0.497 e. The van der Waals surface area contributed by atoms with E-state index in [9.17, 15) is 4.79 Å². The normalized spacial score (nSPS) is 21.3. The van der Waals surface area contributed by atoms with Crippen molar-refractivity contribution in [3.63, 3.8) is 0 Å². The third-order valence-electron chi connectivity index (χ3n) is 2.85. The fraction of sp³-hybridized carbons (Fsp3) is 0.643. The number of allylic oxidation sites excluding steroid dienone is 3. The largest absolute Gasteiger partial charge is 0.497 e. The molecule has 0 radical (unpaired) electrons. The van der Waals surface area contributed by atoms with Gasteiger partial charge in [-0.15, -0.1) is 0 Å². The molecule has 0 spiro atoms. The Morgan fingerprint density at radius 2 is 2.29 bits per heavy atom. The predicted octanol–water partition coefficient (Wildman–Crippen LogP) is 3.07. The van der Waals surface area contributed by atoms with Crippen LogP contribution in [-0.2, 0) is 14.3 Å². The maximum atomic E-state index is 10.7. The van der Waals surface area contributed by atoms with Gasteiger partial charge in [-0.2, -0.15) is 0 Å². The topological polar surface area (TPSA) is 35.5 Å². The van der Waals surface area contributed by atoms with Gasteiger partial charge in [0.15, 0.2) is 0 Å². The summed E-state index contributed by atoms with van der Waals surface area (Å²) in [6.45, 7) is 6.16. The highest BCUT2D eigenvalue weighted by Gasteiger charge is 2.16. The molecule has 3 nitrogen and oxygen atoms in total. The molecule has 0 heterocycles. The summed E-state index contributed by atoms with van der Waals surface area (Å²) in [6, 6.07) is 0. The summed E-state index contributed by atoms with van der Waals surface area (Å²) in [6.07, 6.45) is 6.34. The Morgan fingerprint density at radius 1 is 1.59 bits per heavy atom. The first kappa shape index (κ1) is 13.8. The van der Waals surface area contributed by atoms with E-state index in [0.29, 0.717) is 18.4 Å². The van der Waals surface area contributed by atoms with Crippen LogP contribution >= 0.6 is 0 Å². The van der Waals surface area contributed by atoms with Gasteiger partial charge in [-0.1, -0.05) is 19.9 Å². The number of ether oxygens (including phenoxy) is 2. The quantitative estimate of drug-likeness (QED) is 0.690. The van der Waals surface area contributed by atoms with E-state index in [-0.39, 0.29) is 5.97 Å². The van der Waals surface area contributed by atoms with Crippen molar-refractivity contribution < 1.29 is 14.3 Å². The molecular weight excluding hydrogens is 216 g/mol. The molecule has 3 heteroatoms. The number of carbonyl (C=O) groups excluding carboxylic acids is 1. The summed E-state index contributed by atoms with van der Waals surface area (Å²) in [5.74, 6) is 1.61. The third-order valence-corrected chi connectivity index (χ3v) is 2.85. The van der Waals surface area contributed by atoms with E-state index in [1.54, 1.807) is 7.11 Å². The SMILES string of the molecule is COC1=CC(C)CC=C1C[C@H](C)COC(C)=O. The van der Waals surface area contributed by atoms with Crippen molar-refractivity contribution in [3.05, 3.63) is 23.5 Å². The number of carbonyl (C=O) groups is 1. The molecule has 2 atom stereocenters. The fourth-order valence-corrected chi connectivity index (χ4v) is 1.94. The van der Waals surface area contributed by atoms with E-state index in [0.717, 1.165) is 18.6 Å². The summed E-state index contributed by atoms with van der Waals surface area (Å²) < 4.78 is 10.4. The predicted molar refractivity (Wildman–Crippen MR) is 67.4 cm³/mol. The fourth-order valence-electron chi connectivity index (χ4n) is 1.94. The number of esters is 1. The van der Waals surface area contributed by atoms with Gasteiger partial charge in [0.2, 0.25) is 0 Å². The average molecular weight is 238 g/mol. The van der Waals surface area contributed by atoms with Crippen LogP contribution < -0.4 is 0 Å². The Morgan fingerprint density at radius 3 is 2.88 bits per heavy atom. The lowest BCUT2D eigenvalue weighted by Crippen LogP contribution is -2.12. The van der Waals surface area contributed by atoms with Crippen molar-refractivity contribution in [1.29, 1.82) is 0 Å². The van der Waals surface area contributed by atoms with Crippen molar-refractivity contribution in [2.75, 3.05) is 13.7 Å². The van der Waals surface area contributed by atoms with Crippen molar-refractivity contribution in [2.24, 2.45) is 11.8 Å². The first-order valence-electron chi connectivity index (χ1n) is 6.11. The molecule has 96 valence electrons. The molecule has 0 fully saturated rings. The van der Waals surface area contributed by atoms with Crippen LogP contribution in [0.15, 0.2) is 23.5 Å².